The van der Waals surface area contributed by atoms with E-state index in [2.05, 4.69) is 20.6 Å². The van der Waals surface area contributed by atoms with Crippen molar-refractivity contribution < 1.29 is 9.90 Å². The van der Waals surface area contributed by atoms with Crippen LogP contribution in [0.2, 0.25) is 0 Å². The number of imidazole rings is 1. The van der Waals surface area contributed by atoms with Crippen molar-refractivity contribution >= 4 is 11.7 Å². The Morgan fingerprint density at radius 2 is 2.50 bits per heavy atom. The molecule has 0 bridgehead atoms. The number of carbonyl (C=O) groups excluding carboxylic acids is 1. The number of fused-ring (bicyclic) bond motifs is 1. The van der Waals surface area contributed by atoms with Crippen LogP contribution in [0.15, 0.2) is 18.5 Å². The Balaban J connectivity index is 1.80. The molecule has 7 nitrogen and oxygen atoms in total. The van der Waals surface area contributed by atoms with Gasteiger partial charge in [0.05, 0.1) is 11.3 Å². The van der Waals surface area contributed by atoms with Gasteiger partial charge in [0, 0.05) is 25.5 Å². The van der Waals surface area contributed by atoms with E-state index in [1.807, 2.05) is 0 Å². The molecular formula is C13H17N5O2. The maximum atomic E-state index is 12.3. The van der Waals surface area contributed by atoms with Gasteiger partial charge in [-0.05, 0) is 26.0 Å². The summed E-state index contributed by atoms with van der Waals surface area (Å²) < 4.78 is 1.65. The summed E-state index contributed by atoms with van der Waals surface area (Å²) in [6.07, 6.45) is 4.03. The lowest BCUT2D eigenvalue weighted by atomic mass is 10.0. The second-order valence-electron chi connectivity index (χ2n) is 5.17. The van der Waals surface area contributed by atoms with Crippen LogP contribution in [0, 0.1) is 6.92 Å². The first kappa shape index (κ1) is 13.0. The van der Waals surface area contributed by atoms with Gasteiger partial charge in [-0.3, -0.25) is 9.20 Å². The maximum Gasteiger partial charge on any atom is 0.270 e. The number of nitrogens with one attached hydrogen (secondary N) is 2. The largest absolute Gasteiger partial charge is 0.387 e. The number of aromatic nitrogens is 3. The van der Waals surface area contributed by atoms with Crippen molar-refractivity contribution in [3.05, 3.63) is 29.8 Å². The molecule has 7 heteroatoms. The normalized spacial score (nSPS) is 22.3. The van der Waals surface area contributed by atoms with Gasteiger partial charge in [0.2, 0.25) is 5.78 Å². The Kier molecular flexibility index (Phi) is 3.15. The van der Waals surface area contributed by atoms with Crippen LogP contribution >= 0.6 is 0 Å². The topological polar surface area (TPSA) is 91.6 Å². The fraction of sp³-hybridized carbons (Fsp3) is 0.462. The van der Waals surface area contributed by atoms with E-state index in [-0.39, 0.29) is 12.5 Å². The highest BCUT2D eigenvalue weighted by Gasteiger charge is 2.31. The minimum atomic E-state index is -0.859. The Morgan fingerprint density at radius 3 is 3.25 bits per heavy atom. The summed E-state index contributed by atoms with van der Waals surface area (Å²) in [6.45, 7) is 3.27. The molecule has 0 unspecified atom stereocenters. The minimum absolute atomic E-state index is 0.228. The average Bonchev–Trinajstić information content (AvgIpc) is 2.99. The first-order valence-corrected chi connectivity index (χ1v) is 6.60. The number of hydrogen-bond donors (Lipinski definition) is 3. The van der Waals surface area contributed by atoms with E-state index in [9.17, 15) is 9.90 Å². The van der Waals surface area contributed by atoms with Gasteiger partial charge < -0.3 is 15.7 Å². The summed E-state index contributed by atoms with van der Waals surface area (Å²) in [4.78, 5) is 20.7. The quantitative estimate of drug-likeness (QED) is 0.702. The number of aliphatic hydroxyl groups is 1. The van der Waals surface area contributed by atoms with Gasteiger partial charge >= 0.3 is 0 Å². The molecule has 1 fully saturated rings. The highest BCUT2D eigenvalue weighted by atomic mass is 16.3. The molecular weight excluding hydrogens is 258 g/mol. The lowest BCUT2D eigenvalue weighted by molar-refractivity contribution is 0.0560. The summed E-state index contributed by atoms with van der Waals surface area (Å²) in [6, 6.07) is 1.75. The van der Waals surface area contributed by atoms with Crippen LogP contribution in [0.1, 0.15) is 22.6 Å². The molecule has 0 saturated carbocycles. The molecule has 3 N–H and O–H groups in total. The molecule has 1 amide bonds. The SMILES string of the molecule is Cc1nc2ncccn2c1C(=O)NC[C@]1(O)CCNC1. The molecule has 1 aliphatic rings. The third-order valence-electron chi connectivity index (χ3n) is 3.59. The van der Waals surface area contributed by atoms with E-state index < -0.39 is 5.60 Å². The Morgan fingerprint density at radius 1 is 1.65 bits per heavy atom. The third-order valence-corrected chi connectivity index (χ3v) is 3.59. The van der Waals surface area contributed by atoms with Crippen molar-refractivity contribution in [2.24, 2.45) is 0 Å². The van der Waals surface area contributed by atoms with Crippen molar-refractivity contribution in [3.8, 4) is 0 Å². The molecule has 3 heterocycles. The Bertz CT molecular complexity index is 645. The molecule has 0 aromatic carbocycles. The van der Waals surface area contributed by atoms with E-state index in [1.54, 1.807) is 29.8 Å². The number of nitrogens with zero attached hydrogens (tertiary/aromatic N) is 3. The molecule has 106 valence electrons. The lowest BCUT2D eigenvalue weighted by Crippen LogP contribution is -2.44. The van der Waals surface area contributed by atoms with Crippen molar-refractivity contribution in [1.29, 1.82) is 0 Å². The van der Waals surface area contributed by atoms with E-state index >= 15 is 0 Å². The van der Waals surface area contributed by atoms with Crippen molar-refractivity contribution in [1.82, 2.24) is 25.0 Å². The van der Waals surface area contributed by atoms with E-state index in [1.165, 1.54) is 0 Å². The summed E-state index contributed by atoms with van der Waals surface area (Å²) in [5.74, 6) is 0.250. The van der Waals surface area contributed by atoms with Gasteiger partial charge in [-0.25, -0.2) is 9.97 Å². The molecule has 2 aromatic heterocycles. The van der Waals surface area contributed by atoms with Crippen LogP contribution in [0.5, 0.6) is 0 Å². The molecule has 2 aromatic rings. The Hall–Kier alpha value is -1.99. The molecule has 0 spiro atoms. The predicted octanol–water partition coefficient (Wildman–Crippen LogP) is -0.508. The third kappa shape index (κ3) is 2.25. The van der Waals surface area contributed by atoms with Gasteiger partial charge in [-0.2, -0.15) is 0 Å². The van der Waals surface area contributed by atoms with Crippen molar-refractivity contribution in [2.45, 2.75) is 18.9 Å². The van der Waals surface area contributed by atoms with Gasteiger partial charge in [-0.1, -0.05) is 0 Å². The van der Waals surface area contributed by atoms with Crippen LogP contribution < -0.4 is 10.6 Å². The first-order chi connectivity index (χ1) is 9.59. The number of β-amino-alcohol motifs (C(OH)–C–C–N with tert-alkyl or cyclic N) is 1. The molecule has 1 atom stereocenters. The monoisotopic (exact) mass is 275 g/mol. The van der Waals surface area contributed by atoms with Crippen LogP contribution in [0.25, 0.3) is 5.78 Å². The average molecular weight is 275 g/mol. The van der Waals surface area contributed by atoms with Crippen molar-refractivity contribution in [3.63, 3.8) is 0 Å². The minimum Gasteiger partial charge on any atom is -0.387 e. The zero-order chi connectivity index (χ0) is 14.2. The smallest absolute Gasteiger partial charge is 0.270 e. The molecule has 1 saturated heterocycles. The Labute approximate surface area is 116 Å². The summed E-state index contributed by atoms with van der Waals surface area (Å²) >= 11 is 0. The molecule has 0 aliphatic carbocycles. The predicted molar refractivity (Wildman–Crippen MR) is 72.5 cm³/mol. The molecule has 0 radical (unpaired) electrons. The lowest BCUT2D eigenvalue weighted by Gasteiger charge is -2.21. The van der Waals surface area contributed by atoms with Crippen LogP contribution in [0.4, 0.5) is 0 Å². The highest BCUT2D eigenvalue weighted by molar-refractivity contribution is 5.94. The van der Waals surface area contributed by atoms with Crippen molar-refractivity contribution in [2.75, 3.05) is 19.6 Å². The second-order valence-corrected chi connectivity index (χ2v) is 5.17. The van der Waals surface area contributed by atoms with Crippen LogP contribution in [-0.2, 0) is 0 Å². The number of rotatable bonds is 3. The van der Waals surface area contributed by atoms with E-state index in [0.29, 0.717) is 30.1 Å². The zero-order valence-electron chi connectivity index (χ0n) is 11.3. The van der Waals surface area contributed by atoms with Crippen LogP contribution in [-0.4, -0.2) is 50.6 Å². The van der Waals surface area contributed by atoms with E-state index in [4.69, 9.17) is 0 Å². The summed E-state index contributed by atoms with van der Waals surface area (Å²) in [5, 5.41) is 16.1. The van der Waals surface area contributed by atoms with Gasteiger partial charge in [-0.15, -0.1) is 0 Å². The maximum absolute atomic E-state index is 12.3. The second kappa shape index (κ2) is 4.84. The summed E-state index contributed by atoms with van der Waals surface area (Å²) in [5.41, 5.74) is 0.225. The number of carbonyl (C=O) groups is 1. The van der Waals surface area contributed by atoms with Crippen LogP contribution in [0.3, 0.4) is 0 Å². The van der Waals surface area contributed by atoms with Gasteiger partial charge in [0.1, 0.15) is 5.69 Å². The fourth-order valence-electron chi connectivity index (χ4n) is 2.48. The van der Waals surface area contributed by atoms with Gasteiger partial charge in [0.25, 0.3) is 5.91 Å². The zero-order valence-corrected chi connectivity index (χ0v) is 11.3. The molecule has 3 rings (SSSR count). The summed E-state index contributed by atoms with van der Waals surface area (Å²) in [7, 11) is 0. The highest BCUT2D eigenvalue weighted by Crippen LogP contribution is 2.14. The number of aryl methyl sites for hydroxylation is 1. The fourth-order valence-corrected chi connectivity index (χ4v) is 2.48. The molecule has 1 aliphatic heterocycles. The first-order valence-electron chi connectivity index (χ1n) is 6.60. The van der Waals surface area contributed by atoms with Gasteiger partial charge in [0.15, 0.2) is 0 Å². The number of amides is 1. The van der Waals surface area contributed by atoms with E-state index in [0.717, 1.165) is 6.54 Å². The molecule has 20 heavy (non-hydrogen) atoms. The number of hydrogen-bond acceptors (Lipinski definition) is 5. The standard InChI is InChI=1S/C13H17N5O2/c1-9-10(18-6-2-4-15-12(18)17-9)11(19)16-8-13(20)3-5-14-7-13/h2,4,6,14,20H,3,5,7-8H2,1H3,(H,16,19)/t13-/m0/s1.